The minimum absolute atomic E-state index is 0.131. The van der Waals surface area contributed by atoms with Gasteiger partial charge in [-0.15, -0.1) is 0 Å². The molecule has 7 heteroatoms. The van der Waals surface area contributed by atoms with Crippen LogP contribution in [0.5, 0.6) is 0 Å². The number of hydrogen-bond donors (Lipinski definition) is 2. The molecule has 1 aliphatic heterocycles. The standard InChI is InChI=1S/C13H17N3O4/c1-15-6-4-13(5-7-15,12(17)18)10-8-9(16(19)20)2-3-11(10)14/h2-3,8H,4-7,14H2,1H3,(H,17,18). The van der Waals surface area contributed by atoms with Gasteiger partial charge in [0.05, 0.1) is 10.3 Å². The van der Waals surface area contributed by atoms with Crippen molar-refractivity contribution in [3.05, 3.63) is 33.9 Å². The quantitative estimate of drug-likeness (QED) is 0.489. The summed E-state index contributed by atoms with van der Waals surface area (Å²) in [5, 5.41) is 20.5. The van der Waals surface area contributed by atoms with Gasteiger partial charge < -0.3 is 15.7 Å². The Labute approximate surface area is 116 Å². The number of nitro benzene ring substituents is 1. The van der Waals surface area contributed by atoms with Crippen molar-refractivity contribution in [2.45, 2.75) is 18.3 Å². The number of rotatable bonds is 3. The van der Waals surface area contributed by atoms with Crippen LogP contribution in [0.1, 0.15) is 18.4 Å². The number of carbonyl (C=O) groups is 1. The van der Waals surface area contributed by atoms with E-state index in [4.69, 9.17) is 5.73 Å². The summed E-state index contributed by atoms with van der Waals surface area (Å²) in [6, 6.07) is 4.01. The van der Waals surface area contributed by atoms with E-state index in [1.54, 1.807) is 0 Å². The molecule has 0 atom stereocenters. The number of nitro groups is 1. The molecule has 1 saturated heterocycles. The minimum atomic E-state index is -1.14. The Hall–Kier alpha value is -2.15. The Morgan fingerprint density at radius 3 is 2.55 bits per heavy atom. The Morgan fingerprint density at radius 2 is 2.05 bits per heavy atom. The van der Waals surface area contributed by atoms with Crippen LogP contribution in [0, 0.1) is 10.1 Å². The highest BCUT2D eigenvalue weighted by Gasteiger charge is 2.44. The number of piperidine rings is 1. The first kappa shape index (κ1) is 14.3. The van der Waals surface area contributed by atoms with Gasteiger partial charge in [-0.2, -0.15) is 0 Å². The van der Waals surface area contributed by atoms with Crippen molar-refractivity contribution in [3.63, 3.8) is 0 Å². The van der Waals surface area contributed by atoms with Gasteiger partial charge in [0.1, 0.15) is 0 Å². The number of carboxylic acids is 1. The highest BCUT2D eigenvalue weighted by atomic mass is 16.6. The molecule has 2 rings (SSSR count). The number of nitrogens with zero attached hydrogens (tertiary/aromatic N) is 2. The van der Waals surface area contributed by atoms with Crippen LogP contribution >= 0.6 is 0 Å². The van der Waals surface area contributed by atoms with E-state index in [0.717, 1.165) is 0 Å². The molecule has 1 aliphatic rings. The summed E-state index contributed by atoms with van der Waals surface area (Å²) in [6.45, 7) is 1.24. The molecule has 0 aromatic heterocycles. The molecule has 0 spiro atoms. The molecule has 1 fully saturated rings. The molecule has 7 nitrogen and oxygen atoms in total. The molecule has 0 radical (unpaired) electrons. The van der Waals surface area contributed by atoms with Crippen LogP contribution in [0.4, 0.5) is 11.4 Å². The molecule has 1 aromatic rings. The number of benzene rings is 1. The summed E-state index contributed by atoms with van der Waals surface area (Å²) in [4.78, 5) is 24.2. The molecular formula is C13H17N3O4. The van der Waals surface area contributed by atoms with E-state index in [0.29, 0.717) is 37.2 Å². The normalized spacial score (nSPS) is 18.6. The molecule has 1 aromatic carbocycles. The number of non-ortho nitro benzene ring substituents is 1. The van der Waals surface area contributed by atoms with Gasteiger partial charge in [0.25, 0.3) is 5.69 Å². The molecule has 3 N–H and O–H groups in total. The molecule has 20 heavy (non-hydrogen) atoms. The molecule has 0 bridgehead atoms. The second kappa shape index (κ2) is 5.09. The van der Waals surface area contributed by atoms with Gasteiger partial charge in [0, 0.05) is 17.8 Å². The van der Waals surface area contributed by atoms with Crippen molar-refractivity contribution in [2.75, 3.05) is 25.9 Å². The molecule has 1 heterocycles. The van der Waals surface area contributed by atoms with Gasteiger partial charge in [0.15, 0.2) is 0 Å². The predicted octanol–water partition coefficient (Wildman–Crippen LogP) is 1.23. The van der Waals surface area contributed by atoms with E-state index in [-0.39, 0.29) is 5.69 Å². The van der Waals surface area contributed by atoms with Gasteiger partial charge in [-0.05, 0) is 44.6 Å². The number of likely N-dealkylation sites (tertiary alicyclic amines) is 1. The molecular weight excluding hydrogens is 262 g/mol. The molecule has 0 unspecified atom stereocenters. The Morgan fingerprint density at radius 1 is 1.45 bits per heavy atom. The van der Waals surface area contributed by atoms with Gasteiger partial charge in [0.2, 0.25) is 0 Å². The van der Waals surface area contributed by atoms with Crippen LogP contribution in [-0.2, 0) is 10.2 Å². The first-order valence-electron chi connectivity index (χ1n) is 6.33. The van der Waals surface area contributed by atoms with E-state index < -0.39 is 16.3 Å². The van der Waals surface area contributed by atoms with E-state index in [1.165, 1.54) is 18.2 Å². The van der Waals surface area contributed by atoms with Crippen molar-refractivity contribution in [1.29, 1.82) is 0 Å². The average Bonchev–Trinajstić information content (AvgIpc) is 2.40. The van der Waals surface area contributed by atoms with Crippen LogP contribution in [-0.4, -0.2) is 41.0 Å². The number of carboxylic acid groups (broad SMARTS) is 1. The van der Waals surface area contributed by atoms with Crippen molar-refractivity contribution in [3.8, 4) is 0 Å². The van der Waals surface area contributed by atoms with Crippen molar-refractivity contribution in [1.82, 2.24) is 4.90 Å². The zero-order chi connectivity index (χ0) is 14.9. The fourth-order valence-corrected chi connectivity index (χ4v) is 2.67. The highest BCUT2D eigenvalue weighted by molar-refractivity contribution is 5.84. The van der Waals surface area contributed by atoms with E-state index in [9.17, 15) is 20.0 Å². The smallest absolute Gasteiger partial charge is 0.314 e. The molecule has 108 valence electrons. The fraction of sp³-hybridized carbons (Fsp3) is 0.462. The Bertz CT molecular complexity index is 551. The van der Waals surface area contributed by atoms with Crippen LogP contribution < -0.4 is 5.73 Å². The van der Waals surface area contributed by atoms with Gasteiger partial charge in [-0.25, -0.2) is 0 Å². The largest absolute Gasteiger partial charge is 0.481 e. The molecule has 0 amide bonds. The first-order chi connectivity index (χ1) is 9.36. The van der Waals surface area contributed by atoms with Gasteiger partial charge >= 0.3 is 5.97 Å². The number of nitrogens with two attached hydrogens (primary N) is 1. The molecule has 0 saturated carbocycles. The number of nitrogen functional groups attached to an aromatic ring is 1. The summed E-state index contributed by atoms with van der Waals surface area (Å²) >= 11 is 0. The van der Waals surface area contributed by atoms with Crippen LogP contribution in [0.25, 0.3) is 0 Å². The summed E-state index contributed by atoms with van der Waals surface area (Å²) in [5.74, 6) is -0.974. The monoisotopic (exact) mass is 279 g/mol. The second-order valence-electron chi connectivity index (χ2n) is 5.22. The summed E-state index contributed by atoms with van der Waals surface area (Å²) in [6.07, 6.45) is 0.786. The summed E-state index contributed by atoms with van der Waals surface area (Å²) < 4.78 is 0. The van der Waals surface area contributed by atoms with Crippen LogP contribution in [0.3, 0.4) is 0 Å². The third-order valence-electron chi connectivity index (χ3n) is 4.01. The lowest BCUT2D eigenvalue weighted by atomic mass is 9.72. The number of aliphatic carboxylic acids is 1. The SMILES string of the molecule is CN1CCC(C(=O)O)(c2cc([N+](=O)[O-])ccc2N)CC1. The fourth-order valence-electron chi connectivity index (χ4n) is 2.67. The third-order valence-corrected chi connectivity index (χ3v) is 4.01. The molecule has 0 aliphatic carbocycles. The van der Waals surface area contributed by atoms with Crippen molar-refractivity contribution < 1.29 is 14.8 Å². The van der Waals surface area contributed by atoms with Crippen LogP contribution in [0.2, 0.25) is 0 Å². The zero-order valence-corrected chi connectivity index (χ0v) is 11.2. The maximum Gasteiger partial charge on any atom is 0.314 e. The lowest BCUT2D eigenvalue weighted by molar-refractivity contribution is -0.384. The number of hydrogen-bond acceptors (Lipinski definition) is 5. The van der Waals surface area contributed by atoms with Crippen molar-refractivity contribution in [2.24, 2.45) is 0 Å². The van der Waals surface area contributed by atoms with Gasteiger partial charge in [-0.1, -0.05) is 0 Å². The first-order valence-corrected chi connectivity index (χ1v) is 6.33. The lowest BCUT2D eigenvalue weighted by Crippen LogP contribution is -2.46. The topological polar surface area (TPSA) is 110 Å². The Balaban J connectivity index is 2.52. The summed E-state index contributed by atoms with van der Waals surface area (Å²) in [7, 11) is 1.92. The average molecular weight is 279 g/mol. The van der Waals surface area contributed by atoms with E-state index in [2.05, 4.69) is 0 Å². The Kier molecular flexibility index (Phi) is 3.63. The summed E-state index contributed by atoms with van der Waals surface area (Å²) in [5.41, 5.74) is 5.26. The lowest BCUT2D eigenvalue weighted by Gasteiger charge is -2.38. The van der Waals surface area contributed by atoms with Crippen molar-refractivity contribution >= 4 is 17.3 Å². The maximum atomic E-state index is 11.8. The van der Waals surface area contributed by atoms with E-state index >= 15 is 0 Å². The second-order valence-corrected chi connectivity index (χ2v) is 5.22. The van der Waals surface area contributed by atoms with Crippen LogP contribution in [0.15, 0.2) is 18.2 Å². The number of anilines is 1. The highest BCUT2D eigenvalue weighted by Crippen LogP contribution is 2.40. The zero-order valence-electron chi connectivity index (χ0n) is 11.2. The maximum absolute atomic E-state index is 11.8. The van der Waals surface area contributed by atoms with Gasteiger partial charge in [-0.3, -0.25) is 14.9 Å². The van der Waals surface area contributed by atoms with E-state index in [1.807, 2.05) is 11.9 Å². The predicted molar refractivity (Wildman–Crippen MR) is 73.6 cm³/mol. The third kappa shape index (κ3) is 2.32. The minimum Gasteiger partial charge on any atom is -0.481 e.